The highest BCUT2D eigenvalue weighted by atomic mass is 16.3. The number of nitrogen functional groups attached to an aromatic ring is 1. The SMILES string of the molecule is CC(C)(O)c1ccc(NC2=N[N+]3(N4CCCCCC4)C=CN=CC3=N2)cc1N. The summed E-state index contributed by atoms with van der Waals surface area (Å²) in [6.45, 7) is 5.39. The summed E-state index contributed by atoms with van der Waals surface area (Å²) in [7, 11) is 0. The van der Waals surface area contributed by atoms with E-state index in [1.165, 1.54) is 12.8 Å². The molecule has 4 rings (SSSR count). The third-order valence-corrected chi connectivity index (χ3v) is 5.34. The Balaban J connectivity index is 1.61. The second-order valence-electron chi connectivity index (χ2n) is 7.97. The number of nitrogens with one attached hydrogen (secondary N) is 1. The highest BCUT2D eigenvalue weighted by molar-refractivity contribution is 6.30. The van der Waals surface area contributed by atoms with Crippen molar-refractivity contribution >= 4 is 29.4 Å². The van der Waals surface area contributed by atoms with Crippen LogP contribution in [-0.4, -0.2) is 45.9 Å². The molecular weight excluding hydrogens is 354 g/mol. The topological polar surface area (TPSA) is 98.6 Å². The van der Waals surface area contributed by atoms with Crippen molar-refractivity contribution in [2.45, 2.75) is 45.1 Å². The summed E-state index contributed by atoms with van der Waals surface area (Å²) < 4.78 is 0.239. The van der Waals surface area contributed by atoms with Gasteiger partial charge in [0.1, 0.15) is 6.21 Å². The molecule has 1 fully saturated rings. The lowest BCUT2D eigenvalue weighted by Gasteiger charge is -2.33. The van der Waals surface area contributed by atoms with Crippen LogP contribution in [-0.2, 0) is 5.60 Å². The molecule has 148 valence electrons. The molecule has 0 spiro atoms. The molecule has 3 aliphatic heterocycles. The summed E-state index contributed by atoms with van der Waals surface area (Å²) in [5.41, 5.74) is 7.15. The number of benzene rings is 1. The van der Waals surface area contributed by atoms with Crippen LogP contribution in [0.3, 0.4) is 0 Å². The van der Waals surface area contributed by atoms with E-state index in [0.29, 0.717) is 17.2 Å². The van der Waals surface area contributed by atoms with Crippen LogP contribution in [0.15, 0.2) is 45.7 Å². The standard InChI is InChI=1S/C20H28N7O/c1-20(2,28)16-8-7-15(13-17(16)21)23-19-24-18-14-22-9-12-27(18,25-19)26-10-5-3-4-6-11-26/h7-9,12-14,28H,3-6,10-11,21H2,1-2H3,(H,23,25)/q+1. The van der Waals surface area contributed by atoms with E-state index >= 15 is 0 Å². The third kappa shape index (κ3) is 3.46. The van der Waals surface area contributed by atoms with E-state index in [4.69, 9.17) is 10.8 Å². The van der Waals surface area contributed by atoms with E-state index in [1.54, 1.807) is 32.3 Å². The fraction of sp³-hybridized carbons (Fsp3) is 0.450. The van der Waals surface area contributed by atoms with Crippen molar-refractivity contribution in [1.82, 2.24) is 5.01 Å². The fourth-order valence-electron chi connectivity index (χ4n) is 3.91. The zero-order valence-corrected chi connectivity index (χ0v) is 16.5. The van der Waals surface area contributed by atoms with Crippen LogP contribution >= 0.6 is 0 Å². The predicted octanol–water partition coefficient (Wildman–Crippen LogP) is 2.75. The van der Waals surface area contributed by atoms with Crippen LogP contribution < -0.4 is 11.1 Å². The molecule has 1 aromatic rings. The van der Waals surface area contributed by atoms with Crippen molar-refractivity contribution in [3.63, 3.8) is 0 Å². The molecule has 1 aromatic carbocycles. The largest absolute Gasteiger partial charge is 0.398 e. The number of amidine groups is 1. The van der Waals surface area contributed by atoms with Crippen molar-refractivity contribution in [3.05, 3.63) is 36.2 Å². The van der Waals surface area contributed by atoms with E-state index in [9.17, 15) is 5.11 Å². The van der Waals surface area contributed by atoms with Gasteiger partial charge < -0.3 is 16.2 Å². The zero-order chi connectivity index (χ0) is 19.8. The Kier molecular flexibility index (Phi) is 4.78. The van der Waals surface area contributed by atoms with Crippen molar-refractivity contribution in [2.24, 2.45) is 15.1 Å². The van der Waals surface area contributed by atoms with Gasteiger partial charge in [-0.05, 0) is 48.6 Å². The number of rotatable bonds is 3. The summed E-state index contributed by atoms with van der Waals surface area (Å²) in [4.78, 5) is 8.93. The second-order valence-corrected chi connectivity index (χ2v) is 7.97. The van der Waals surface area contributed by atoms with Crippen LogP contribution in [0.2, 0.25) is 0 Å². The number of quaternary nitrogens is 1. The van der Waals surface area contributed by atoms with E-state index in [2.05, 4.69) is 20.3 Å². The van der Waals surface area contributed by atoms with Crippen LogP contribution in [0.4, 0.5) is 11.4 Å². The van der Waals surface area contributed by atoms with Crippen molar-refractivity contribution in [1.29, 1.82) is 0 Å². The van der Waals surface area contributed by atoms with Gasteiger partial charge in [-0.15, -0.1) is 10.0 Å². The van der Waals surface area contributed by atoms with Gasteiger partial charge in [0.15, 0.2) is 6.20 Å². The third-order valence-electron chi connectivity index (χ3n) is 5.34. The Hall–Kier alpha value is -2.55. The first-order chi connectivity index (χ1) is 13.4. The first-order valence-corrected chi connectivity index (χ1v) is 9.82. The van der Waals surface area contributed by atoms with Crippen LogP contribution in [0.1, 0.15) is 45.1 Å². The molecule has 3 heterocycles. The summed E-state index contributed by atoms with van der Waals surface area (Å²) >= 11 is 0. The number of aliphatic imine (C=N–C) groups is 2. The van der Waals surface area contributed by atoms with Crippen molar-refractivity contribution in [3.8, 4) is 0 Å². The molecule has 8 nitrogen and oxygen atoms in total. The molecule has 28 heavy (non-hydrogen) atoms. The number of nitrogens with two attached hydrogens (primary N) is 1. The number of anilines is 2. The maximum Gasteiger partial charge on any atom is 0.301 e. The highest BCUT2D eigenvalue weighted by Crippen LogP contribution is 2.30. The lowest BCUT2D eigenvalue weighted by atomic mass is 9.96. The van der Waals surface area contributed by atoms with E-state index in [0.717, 1.165) is 37.5 Å². The molecular formula is C20H28N7O+. The maximum atomic E-state index is 10.2. The average molecular weight is 382 g/mol. The molecule has 0 saturated carbocycles. The summed E-state index contributed by atoms with van der Waals surface area (Å²) in [5, 5.41) is 20.7. The fourth-order valence-corrected chi connectivity index (χ4v) is 3.91. The Morgan fingerprint density at radius 3 is 2.61 bits per heavy atom. The molecule has 1 saturated heterocycles. The summed E-state index contributed by atoms with van der Waals surface area (Å²) in [6, 6.07) is 5.51. The zero-order valence-electron chi connectivity index (χ0n) is 16.5. The number of nitrogens with zero attached hydrogens (tertiary/aromatic N) is 5. The molecule has 4 N–H and O–H groups in total. The van der Waals surface area contributed by atoms with Crippen LogP contribution in [0, 0.1) is 0 Å². The average Bonchev–Trinajstić information content (AvgIpc) is 2.80. The molecule has 0 amide bonds. The van der Waals surface area contributed by atoms with Gasteiger partial charge in [-0.25, -0.2) is 0 Å². The van der Waals surface area contributed by atoms with Crippen molar-refractivity contribution < 1.29 is 9.81 Å². The molecule has 0 bridgehead atoms. The van der Waals surface area contributed by atoms with Gasteiger partial charge >= 0.3 is 5.84 Å². The molecule has 0 aliphatic carbocycles. The molecule has 3 aliphatic rings. The van der Waals surface area contributed by atoms with Gasteiger partial charge in [0.25, 0.3) is 5.96 Å². The van der Waals surface area contributed by atoms with Gasteiger partial charge in [-0.1, -0.05) is 18.9 Å². The molecule has 1 atom stereocenters. The minimum absolute atomic E-state index is 0.239. The van der Waals surface area contributed by atoms with Crippen molar-refractivity contribution in [2.75, 3.05) is 24.1 Å². The Labute approximate surface area is 165 Å². The number of aliphatic hydroxyl groups is 1. The summed E-state index contributed by atoms with van der Waals surface area (Å²) in [5.74, 6) is 1.31. The monoisotopic (exact) mass is 382 g/mol. The summed E-state index contributed by atoms with van der Waals surface area (Å²) in [6.07, 6.45) is 10.4. The van der Waals surface area contributed by atoms with E-state index in [1.807, 2.05) is 18.3 Å². The van der Waals surface area contributed by atoms with E-state index < -0.39 is 5.60 Å². The van der Waals surface area contributed by atoms with Gasteiger partial charge in [-0.3, -0.25) is 4.99 Å². The molecule has 0 radical (unpaired) electrons. The predicted molar refractivity (Wildman–Crippen MR) is 113 cm³/mol. The van der Waals surface area contributed by atoms with Gasteiger partial charge in [0.2, 0.25) is 0 Å². The Morgan fingerprint density at radius 2 is 1.93 bits per heavy atom. The minimum Gasteiger partial charge on any atom is -0.398 e. The van der Waals surface area contributed by atoms with Gasteiger partial charge in [-0.2, -0.15) is 0 Å². The lowest BCUT2D eigenvalue weighted by molar-refractivity contribution is -0.917. The van der Waals surface area contributed by atoms with Gasteiger partial charge in [0, 0.05) is 16.9 Å². The number of fused-ring (bicyclic) bond motifs is 1. The quantitative estimate of drug-likeness (QED) is 0.553. The Morgan fingerprint density at radius 1 is 1.18 bits per heavy atom. The van der Waals surface area contributed by atoms with E-state index in [-0.39, 0.29) is 4.70 Å². The normalized spacial score (nSPS) is 25.1. The minimum atomic E-state index is -0.988. The van der Waals surface area contributed by atoms with Crippen LogP contribution in [0.5, 0.6) is 0 Å². The number of hydrogen-bond acceptors (Lipinski definition) is 7. The number of guanidine groups is 1. The van der Waals surface area contributed by atoms with Crippen LogP contribution in [0.25, 0.3) is 0 Å². The molecule has 0 aromatic heterocycles. The number of hydrogen-bond donors (Lipinski definition) is 3. The molecule has 1 unspecified atom stereocenters. The lowest BCUT2D eigenvalue weighted by Crippen LogP contribution is -2.56. The molecule has 8 heteroatoms. The maximum absolute atomic E-state index is 10.2. The first-order valence-electron chi connectivity index (χ1n) is 9.82. The first kappa shape index (κ1) is 18.8. The second kappa shape index (κ2) is 7.12. The Bertz CT molecular complexity index is 873. The highest BCUT2D eigenvalue weighted by Gasteiger charge is 2.46. The smallest absolute Gasteiger partial charge is 0.301 e. The van der Waals surface area contributed by atoms with Gasteiger partial charge in [0.05, 0.1) is 24.9 Å².